The van der Waals surface area contributed by atoms with Crippen LogP contribution in [0.4, 0.5) is 17.1 Å². The van der Waals surface area contributed by atoms with Crippen molar-refractivity contribution in [2.75, 3.05) is 4.90 Å². The molecule has 0 bridgehead atoms. The summed E-state index contributed by atoms with van der Waals surface area (Å²) in [6.45, 7) is 0. The fraction of sp³-hybridized carbons (Fsp3) is 0.0909. The normalized spacial score (nSPS) is 17.8. The lowest BCUT2D eigenvalue weighted by molar-refractivity contribution is -0.132. The van der Waals surface area contributed by atoms with Crippen LogP contribution < -0.4 is 4.90 Å². The van der Waals surface area contributed by atoms with Gasteiger partial charge in [-0.1, -0.05) is 85.0 Å². The molecule has 0 fully saturated rings. The van der Waals surface area contributed by atoms with Gasteiger partial charge in [-0.25, -0.2) is 4.79 Å². The maximum atomic E-state index is 11.1. The molecular formula is C33H28N2O2. The number of carboxylic acids is 1. The van der Waals surface area contributed by atoms with E-state index in [-0.39, 0.29) is 5.57 Å². The molecule has 4 nitrogen and oxygen atoms in total. The van der Waals surface area contributed by atoms with E-state index in [0.717, 1.165) is 47.5 Å². The fourth-order valence-corrected chi connectivity index (χ4v) is 4.10. The summed E-state index contributed by atoms with van der Waals surface area (Å²) in [5, 5.41) is 18.1. The van der Waals surface area contributed by atoms with E-state index in [4.69, 9.17) is 10.4 Å². The second kappa shape index (κ2) is 12.7. The minimum Gasteiger partial charge on any atom is -0.477 e. The van der Waals surface area contributed by atoms with Gasteiger partial charge in [0.1, 0.15) is 11.6 Å². The molecule has 3 aromatic rings. The third-order valence-electron chi connectivity index (χ3n) is 5.98. The Morgan fingerprint density at radius 2 is 1.49 bits per heavy atom. The van der Waals surface area contributed by atoms with Crippen LogP contribution >= 0.6 is 0 Å². The van der Waals surface area contributed by atoms with Crippen LogP contribution in [0.25, 0.3) is 6.08 Å². The predicted molar refractivity (Wildman–Crippen MR) is 151 cm³/mol. The highest BCUT2D eigenvalue weighted by Crippen LogP contribution is 2.34. The number of benzene rings is 3. The van der Waals surface area contributed by atoms with Gasteiger partial charge in [0.05, 0.1) is 0 Å². The molecule has 0 amide bonds. The van der Waals surface area contributed by atoms with Crippen LogP contribution in [0.15, 0.2) is 138 Å². The van der Waals surface area contributed by atoms with Gasteiger partial charge in [0, 0.05) is 17.1 Å². The number of nitriles is 1. The second-order valence-electron chi connectivity index (χ2n) is 8.60. The summed E-state index contributed by atoms with van der Waals surface area (Å²) in [5.74, 6) is -1.21. The number of nitrogens with zero attached hydrogens (tertiary/aromatic N) is 2. The van der Waals surface area contributed by atoms with Crippen LogP contribution in [-0.2, 0) is 4.79 Å². The van der Waals surface area contributed by atoms with Crippen molar-refractivity contribution in [3.63, 3.8) is 0 Å². The van der Waals surface area contributed by atoms with Crippen molar-refractivity contribution in [3.05, 3.63) is 144 Å². The smallest absolute Gasteiger partial charge is 0.346 e. The molecule has 0 radical (unpaired) electrons. The first kappa shape index (κ1) is 25.2. The second-order valence-corrected chi connectivity index (χ2v) is 8.60. The first-order chi connectivity index (χ1) is 18.1. The Labute approximate surface area is 218 Å². The van der Waals surface area contributed by atoms with Crippen molar-refractivity contribution in [2.24, 2.45) is 0 Å². The van der Waals surface area contributed by atoms with E-state index in [0.29, 0.717) is 0 Å². The van der Waals surface area contributed by atoms with Crippen molar-refractivity contribution < 1.29 is 9.90 Å². The summed E-state index contributed by atoms with van der Waals surface area (Å²) in [6.07, 6.45) is 16.1. The molecule has 0 saturated heterocycles. The Balaban J connectivity index is 1.51. The zero-order chi connectivity index (χ0) is 25.9. The van der Waals surface area contributed by atoms with Crippen LogP contribution in [0, 0.1) is 11.3 Å². The highest BCUT2D eigenvalue weighted by Gasteiger charge is 2.11. The Kier molecular flexibility index (Phi) is 8.67. The number of rotatable bonds is 7. The molecule has 0 heterocycles. The van der Waals surface area contributed by atoms with Gasteiger partial charge in [-0.2, -0.15) is 5.26 Å². The zero-order valence-corrected chi connectivity index (χ0v) is 20.5. The molecule has 0 spiro atoms. The van der Waals surface area contributed by atoms with Crippen LogP contribution in [0.2, 0.25) is 0 Å². The summed E-state index contributed by atoms with van der Waals surface area (Å²) >= 11 is 0. The molecule has 1 aliphatic rings. The molecule has 4 heteroatoms. The lowest BCUT2D eigenvalue weighted by atomic mass is 10.1. The van der Waals surface area contributed by atoms with E-state index in [1.165, 1.54) is 11.6 Å². The standard InChI is InChI=1S/C33H28N2O2/c34-25-29(33(36)37)24-28-11-8-7-10-26(12-9-13-28)18-19-27-20-22-32(23-21-27)35(30-14-3-1-4-15-30)31-16-5-2-6-17-31/h1-6,9,11-24H,7-8,10H2,(H,36,37)/b13-9-,19-18+,26-12+,28-11+,29-24+. The summed E-state index contributed by atoms with van der Waals surface area (Å²) in [7, 11) is 0. The number of allylic oxidation sites excluding steroid dienone is 8. The van der Waals surface area contributed by atoms with Crippen LogP contribution in [0.3, 0.4) is 0 Å². The van der Waals surface area contributed by atoms with Gasteiger partial charge in [-0.3, -0.25) is 0 Å². The molecule has 0 aromatic heterocycles. The molecule has 182 valence electrons. The van der Waals surface area contributed by atoms with Crippen molar-refractivity contribution in [2.45, 2.75) is 19.3 Å². The fourth-order valence-electron chi connectivity index (χ4n) is 4.10. The van der Waals surface area contributed by atoms with Gasteiger partial charge < -0.3 is 10.0 Å². The quantitative estimate of drug-likeness (QED) is 0.271. The predicted octanol–water partition coefficient (Wildman–Crippen LogP) is 8.30. The number of hydrogen-bond donors (Lipinski definition) is 1. The zero-order valence-electron chi connectivity index (χ0n) is 20.5. The van der Waals surface area contributed by atoms with Crippen LogP contribution in [-0.4, -0.2) is 11.1 Å². The maximum Gasteiger partial charge on any atom is 0.346 e. The number of aliphatic carboxylic acids is 1. The SMILES string of the molecule is N#C\C(=C/C1=C/CCCC(\C=C\c2ccc(N(c3ccccc3)c3ccccc3)cc2)=C/C=C\1)C(=O)O. The van der Waals surface area contributed by atoms with E-state index in [9.17, 15) is 4.79 Å². The molecule has 1 N–H and O–H groups in total. The van der Waals surface area contributed by atoms with Gasteiger partial charge in [0.2, 0.25) is 0 Å². The number of hydrogen-bond acceptors (Lipinski definition) is 3. The third kappa shape index (κ3) is 7.06. The van der Waals surface area contributed by atoms with Gasteiger partial charge in [-0.15, -0.1) is 0 Å². The van der Waals surface area contributed by atoms with E-state index in [1.54, 1.807) is 6.07 Å². The van der Waals surface area contributed by atoms with Gasteiger partial charge in [0.25, 0.3) is 0 Å². The van der Waals surface area contributed by atoms with Gasteiger partial charge >= 0.3 is 5.97 Å². The molecule has 0 atom stereocenters. The molecule has 0 aliphatic heterocycles. The Hall–Kier alpha value is -4.88. The lowest BCUT2D eigenvalue weighted by Gasteiger charge is -2.25. The molecule has 0 unspecified atom stereocenters. The van der Waals surface area contributed by atoms with E-state index in [2.05, 4.69) is 65.6 Å². The largest absolute Gasteiger partial charge is 0.477 e. The summed E-state index contributed by atoms with van der Waals surface area (Å²) in [4.78, 5) is 13.4. The van der Waals surface area contributed by atoms with Crippen molar-refractivity contribution in [3.8, 4) is 6.07 Å². The molecule has 3 aromatic carbocycles. The van der Waals surface area contributed by atoms with Crippen molar-refractivity contribution >= 4 is 29.1 Å². The average Bonchev–Trinajstić information content (AvgIpc) is 3.04. The van der Waals surface area contributed by atoms with E-state index >= 15 is 0 Å². The van der Waals surface area contributed by atoms with Crippen LogP contribution in [0.5, 0.6) is 0 Å². The molecular weight excluding hydrogens is 456 g/mol. The van der Waals surface area contributed by atoms with Gasteiger partial charge in [-0.05, 0) is 78.4 Å². The number of para-hydroxylation sites is 2. The van der Waals surface area contributed by atoms with Crippen molar-refractivity contribution in [1.29, 1.82) is 5.26 Å². The van der Waals surface area contributed by atoms with Crippen LogP contribution in [0.1, 0.15) is 24.8 Å². The highest BCUT2D eigenvalue weighted by molar-refractivity contribution is 5.91. The Bertz CT molecular complexity index is 1370. The number of carboxylic acid groups (broad SMARTS) is 1. The molecule has 1 aliphatic carbocycles. The topological polar surface area (TPSA) is 64.3 Å². The highest BCUT2D eigenvalue weighted by atomic mass is 16.4. The summed E-state index contributed by atoms with van der Waals surface area (Å²) in [5.41, 5.74) is 6.06. The minimum absolute atomic E-state index is 0.263. The first-order valence-electron chi connectivity index (χ1n) is 12.2. The Morgan fingerprint density at radius 3 is 2.08 bits per heavy atom. The number of anilines is 3. The average molecular weight is 485 g/mol. The number of carbonyl (C=O) groups is 1. The van der Waals surface area contributed by atoms with E-state index in [1.807, 2.05) is 60.7 Å². The van der Waals surface area contributed by atoms with Gasteiger partial charge in [0.15, 0.2) is 0 Å². The third-order valence-corrected chi connectivity index (χ3v) is 5.98. The Morgan fingerprint density at radius 1 is 0.865 bits per heavy atom. The molecule has 37 heavy (non-hydrogen) atoms. The molecule has 0 saturated carbocycles. The lowest BCUT2D eigenvalue weighted by Crippen LogP contribution is -2.09. The minimum atomic E-state index is -1.21. The summed E-state index contributed by atoms with van der Waals surface area (Å²) in [6, 6.07) is 30.9. The monoisotopic (exact) mass is 484 g/mol. The first-order valence-corrected chi connectivity index (χ1v) is 12.2. The molecule has 4 rings (SSSR count). The maximum absolute atomic E-state index is 11.1. The summed E-state index contributed by atoms with van der Waals surface area (Å²) < 4.78 is 0. The van der Waals surface area contributed by atoms with E-state index < -0.39 is 5.97 Å². The van der Waals surface area contributed by atoms with Crippen molar-refractivity contribution in [1.82, 2.24) is 0 Å².